The Kier molecular flexibility index (Phi) is 5.09. The highest BCUT2D eigenvalue weighted by molar-refractivity contribution is 7.99. The van der Waals surface area contributed by atoms with Crippen LogP contribution in [0.25, 0.3) is 0 Å². The molecular formula is C12H17N3O2S2. The van der Waals surface area contributed by atoms with Gasteiger partial charge in [-0.3, -0.25) is 4.21 Å². The molecule has 19 heavy (non-hydrogen) atoms. The van der Waals surface area contributed by atoms with E-state index in [1.165, 1.54) is 12.1 Å². The number of nitrogens with zero attached hydrogens (tertiary/aromatic N) is 1. The lowest BCUT2D eigenvalue weighted by Gasteiger charge is -2.18. The predicted octanol–water partition coefficient (Wildman–Crippen LogP) is 1.92. The van der Waals surface area contributed by atoms with Gasteiger partial charge in [0.05, 0.1) is 30.0 Å². The average Bonchev–Trinajstić information content (AvgIpc) is 2.38. The largest absolute Gasteiger partial charge is 0.493 e. The van der Waals surface area contributed by atoms with Gasteiger partial charge >= 0.3 is 0 Å². The Bertz CT molecular complexity index is 506. The van der Waals surface area contributed by atoms with Crippen LogP contribution in [-0.4, -0.2) is 28.7 Å². The molecule has 1 aliphatic rings. The van der Waals surface area contributed by atoms with E-state index >= 15 is 0 Å². The molecule has 0 aromatic heterocycles. The molecule has 2 rings (SSSR count). The Balaban J connectivity index is 1.95. The monoisotopic (exact) mass is 299 g/mol. The Morgan fingerprint density at radius 1 is 1.47 bits per heavy atom. The third-order valence-corrected chi connectivity index (χ3v) is 4.13. The molecule has 0 fully saturated rings. The second-order valence-electron chi connectivity index (χ2n) is 4.18. The van der Waals surface area contributed by atoms with Gasteiger partial charge in [-0.1, -0.05) is 6.07 Å². The molecule has 0 amide bonds. The van der Waals surface area contributed by atoms with E-state index in [4.69, 9.17) is 10.5 Å². The van der Waals surface area contributed by atoms with Crippen molar-refractivity contribution in [3.05, 3.63) is 23.8 Å². The van der Waals surface area contributed by atoms with Crippen LogP contribution >= 0.6 is 12.1 Å². The van der Waals surface area contributed by atoms with Gasteiger partial charge in [0.15, 0.2) is 0 Å². The van der Waals surface area contributed by atoms with Crippen molar-refractivity contribution in [2.45, 2.75) is 12.8 Å². The number of ether oxygens (including phenoxy) is 1. The van der Waals surface area contributed by atoms with Crippen LogP contribution in [0.4, 0.5) is 5.69 Å². The van der Waals surface area contributed by atoms with Crippen molar-refractivity contribution >= 4 is 34.5 Å². The van der Waals surface area contributed by atoms with Crippen LogP contribution in [0.15, 0.2) is 22.6 Å². The Labute approximate surface area is 119 Å². The van der Waals surface area contributed by atoms with Gasteiger partial charge in [-0.15, -0.1) is 0 Å². The summed E-state index contributed by atoms with van der Waals surface area (Å²) in [6, 6.07) is 5.75. The van der Waals surface area contributed by atoms with E-state index in [0.717, 1.165) is 35.6 Å². The highest BCUT2D eigenvalue weighted by Crippen LogP contribution is 2.32. The van der Waals surface area contributed by atoms with E-state index in [0.29, 0.717) is 12.4 Å². The van der Waals surface area contributed by atoms with Crippen molar-refractivity contribution in [1.29, 1.82) is 0 Å². The molecule has 1 aromatic rings. The molecule has 104 valence electrons. The van der Waals surface area contributed by atoms with Gasteiger partial charge in [-0.25, -0.2) is 0 Å². The molecule has 5 nitrogen and oxygen atoms in total. The summed E-state index contributed by atoms with van der Waals surface area (Å²) in [5, 5.41) is 0. The molecular weight excluding hydrogens is 282 g/mol. The number of fused-ring (bicyclic) bond motifs is 1. The van der Waals surface area contributed by atoms with Crippen molar-refractivity contribution < 1.29 is 8.95 Å². The Morgan fingerprint density at radius 2 is 2.32 bits per heavy atom. The SMILES string of the molecule is CS(=O)CCCCOc1cccc2c1C(N)=NSN2. The number of rotatable bonds is 6. The van der Waals surface area contributed by atoms with Crippen LogP contribution in [0.2, 0.25) is 0 Å². The van der Waals surface area contributed by atoms with Gasteiger partial charge in [-0.05, 0) is 25.0 Å². The fraction of sp³-hybridized carbons (Fsp3) is 0.417. The number of benzene rings is 1. The minimum absolute atomic E-state index is 0.476. The summed E-state index contributed by atoms with van der Waals surface area (Å²) in [6.07, 6.45) is 3.49. The summed E-state index contributed by atoms with van der Waals surface area (Å²) >= 11 is 1.21. The maximum Gasteiger partial charge on any atom is 0.146 e. The molecule has 0 radical (unpaired) electrons. The van der Waals surface area contributed by atoms with Crippen LogP contribution in [0.3, 0.4) is 0 Å². The van der Waals surface area contributed by atoms with Crippen LogP contribution in [0.5, 0.6) is 5.75 Å². The quantitative estimate of drug-likeness (QED) is 0.620. The van der Waals surface area contributed by atoms with Gasteiger partial charge in [-0.2, -0.15) is 4.40 Å². The van der Waals surface area contributed by atoms with E-state index < -0.39 is 10.8 Å². The summed E-state index contributed by atoms with van der Waals surface area (Å²) in [5.41, 5.74) is 7.63. The highest BCUT2D eigenvalue weighted by atomic mass is 32.2. The van der Waals surface area contributed by atoms with Gasteiger partial charge in [0.25, 0.3) is 0 Å². The second kappa shape index (κ2) is 6.81. The zero-order chi connectivity index (χ0) is 13.7. The van der Waals surface area contributed by atoms with E-state index in [2.05, 4.69) is 9.12 Å². The van der Waals surface area contributed by atoms with Gasteiger partial charge in [0.1, 0.15) is 11.6 Å². The lowest BCUT2D eigenvalue weighted by atomic mass is 10.1. The third-order valence-electron chi connectivity index (χ3n) is 2.67. The molecule has 0 aliphatic carbocycles. The van der Waals surface area contributed by atoms with Crippen molar-refractivity contribution in [3.8, 4) is 5.75 Å². The molecule has 1 aliphatic heterocycles. The number of unbranched alkanes of at least 4 members (excludes halogenated alkanes) is 1. The zero-order valence-electron chi connectivity index (χ0n) is 10.7. The number of hydrogen-bond donors (Lipinski definition) is 2. The average molecular weight is 299 g/mol. The summed E-state index contributed by atoms with van der Waals surface area (Å²) < 4.78 is 23.8. The summed E-state index contributed by atoms with van der Waals surface area (Å²) in [7, 11) is -0.729. The number of amidine groups is 1. The van der Waals surface area contributed by atoms with Crippen molar-refractivity contribution in [1.82, 2.24) is 0 Å². The minimum atomic E-state index is -0.729. The first-order valence-electron chi connectivity index (χ1n) is 6.00. The molecule has 1 heterocycles. The molecule has 0 bridgehead atoms. The molecule has 3 N–H and O–H groups in total. The van der Waals surface area contributed by atoms with Crippen LogP contribution in [0.1, 0.15) is 18.4 Å². The number of nitrogens with one attached hydrogen (secondary N) is 1. The lowest BCUT2D eigenvalue weighted by molar-refractivity contribution is 0.309. The molecule has 1 unspecified atom stereocenters. The lowest BCUT2D eigenvalue weighted by Crippen LogP contribution is -2.19. The Morgan fingerprint density at radius 3 is 3.11 bits per heavy atom. The van der Waals surface area contributed by atoms with Crippen LogP contribution in [-0.2, 0) is 10.8 Å². The first-order chi connectivity index (χ1) is 9.18. The van der Waals surface area contributed by atoms with Gasteiger partial charge in [0, 0.05) is 22.8 Å². The maximum absolute atomic E-state index is 10.9. The van der Waals surface area contributed by atoms with Crippen molar-refractivity contribution in [2.75, 3.05) is 23.3 Å². The first kappa shape index (κ1) is 14.2. The number of anilines is 1. The minimum Gasteiger partial charge on any atom is -0.493 e. The smallest absolute Gasteiger partial charge is 0.146 e. The second-order valence-corrected chi connectivity index (χ2v) is 6.31. The van der Waals surface area contributed by atoms with Gasteiger partial charge in [0.2, 0.25) is 0 Å². The van der Waals surface area contributed by atoms with Crippen molar-refractivity contribution in [3.63, 3.8) is 0 Å². The summed E-state index contributed by atoms with van der Waals surface area (Å²) in [5.74, 6) is 1.94. The molecule has 1 atom stereocenters. The zero-order valence-corrected chi connectivity index (χ0v) is 12.4. The van der Waals surface area contributed by atoms with Gasteiger partial charge < -0.3 is 15.2 Å². The molecule has 0 spiro atoms. The van der Waals surface area contributed by atoms with Crippen LogP contribution < -0.4 is 15.2 Å². The predicted molar refractivity (Wildman–Crippen MR) is 82.0 cm³/mol. The van der Waals surface area contributed by atoms with E-state index in [1.54, 1.807) is 6.26 Å². The normalized spacial score (nSPS) is 15.1. The maximum atomic E-state index is 10.9. The summed E-state index contributed by atoms with van der Waals surface area (Å²) in [4.78, 5) is 0. The first-order valence-corrected chi connectivity index (χ1v) is 8.50. The Hall–Kier alpha value is -1.21. The molecule has 1 aromatic carbocycles. The molecule has 7 heteroatoms. The third kappa shape index (κ3) is 3.87. The summed E-state index contributed by atoms with van der Waals surface area (Å²) in [6.45, 7) is 0.591. The van der Waals surface area contributed by atoms with E-state index in [-0.39, 0.29) is 0 Å². The number of hydrogen-bond acceptors (Lipinski definition) is 6. The topological polar surface area (TPSA) is 76.7 Å². The molecule has 0 saturated carbocycles. The van der Waals surface area contributed by atoms with E-state index in [9.17, 15) is 4.21 Å². The fourth-order valence-electron chi connectivity index (χ4n) is 1.76. The highest BCUT2D eigenvalue weighted by Gasteiger charge is 2.17. The fourth-order valence-corrected chi connectivity index (χ4v) is 2.87. The molecule has 0 saturated heterocycles. The standard InChI is InChI=1S/C12H17N3O2S2/c1-19(16)8-3-2-7-17-10-6-4-5-9-11(10)12(13)15-18-14-9/h4-6,14H,2-3,7-8H2,1H3,(H2,13,15). The van der Waals surface area contributed by atoms with Crippen molar-refractivity contribution in [2.24, 2.45) is 10.1 Å². The number of nitrogens with two attached hydrogens (primary N) is 1. The van der Waals surface area contributed by atoms with E-state index in [1.807, 2.05) is 18.2 Å². The van der Waals surface area contributed by atoms with Crippen LogP contribution in [0, 0.1) is 0 Å².